The number of nitrogens with one attached hydrogen (secondary N) is 1. The monoisotopic (exact) mass is 408 g/mol. The zero-order chi connectivity index (χ0) is 21.0. The SMILES string of the molecule is O=C(Nc1ccc(-c2nnc3n2CCCCC3)cc1)c1ccccc1-c1ccccc1. The van der Waals surface area contributed by atoms with Crippen LogP contribution in [0.3, 0.4) is 0 Å². The van der Waals surface area contributed by atoms with Gasteiger partial charge in [-0.3, -0.25) is 4.79 Å². The van der Waals surface area contributed by atoms with E-state index in [-0.39, 0.29) is 5.91 Å². The van der Waals surface area contributed by atoms with Crippen LogP contribution in [0.1, 0.15) is 35.4 Å². The number of hydrogen-bond donors (Lipinski definition) is 1. The van der Waals surface area contributed by atoms with Gasteiger partial charge in [-0.1, -0.05) is 55.0 Å². The zero-order valence-electron chi connectivity index (χ0n) is 17.3. The van der Waals surface area contributed by atoms with E-state index in [1.807, 2.05) is 78.9 Å². The predicted octanol–water partition coefficient (Wildman–Crippen LogP) is 5.59. The van der Waals surface area contributed by atoms with E-state index in [0.29, 0.717) is 5.56 Å². The van der Waals surface area contributed by atoms with Crippen LogP contribution < -0.4 is 5.32 Å². The van der Waals surface area contributed by atoms with Crippen LogP contribution in [0.25, 0.3) is 22.5 Å². The third kappa shape index (κ3) is 3.99. The number of carbonyl (C=O) groups is 1. The molecule has 0 saturated carbocycles. The minimum Gasteiger partial charge on any atom is -0.322 e. The zero-order valence-corrected chi connectivity index (χ0v) is 17.3. The highest BCUT2D eigenvalue weighted by molar-refractivity contribution is 6.08. The summed E-state index contributed by atoms with van der Waals surface area (Å²) < 4.78 is 2.23. The molecule has 31 heavy (non-hydrogen) atoms. The van der Waals surface area contributed by atoms with Gasteiger partial charge in [-0.05, 0) is 54.3 Å². The van der Waals surface area contributed by atoms with Gasteiger partial charge < -0.3 is 9.88 Å². The van der Waals surface area contributed by atoms with E-state index in [1.54, 1.807) is 0 Å². The Morgan fingerprint density at radius 1 is 0.774 bits per heavy atom. The molecule has 4 aromatic rings. The quantitative estimate of drug-likeness (QED) is 0.479. The first-order valence-electron chi connectivity index (χ1n) is 10.8. The van der Waals surface area contributed by atoms with Crippen LogP contribution in [0, 0.1) is 0 Å². The molecule has 1 aliphatic rings. The topological polar surface area (TPSA) is 59.8 Å². The van der Waals surface area contributed by atoms with E-state index in [2.05, 4.69) is 20.1 Å². The van der Waals surface area contributed by atoms with E-state index in [4.69, 9.17) is 0 Å². The van der Waals surface area contributed by atoms with Gasteiger partial charge in [-0.25, -0.2) is 0 Å². The first kappa shape index (κ1) is 19.2. The van der Waals surface area contributed by atoms with E-state index in [1.165, 1.54) is 12.8 Å². The van der Waals surface area contributed by atoms with Crippen LogP contribution in [0.4, 0.5) is 5.69 Å². The minimum absolute atomic E-state index is 0.122. The molecule has 0 atom stereocenters. The molecule has 0 spiro atoms. The Bertz CT molecular complexity index is 1200. The molecule has 1 amide bonds. The maximum Gasteiger partial charge on any atom is 0.256 e. The van der Waals surface area contributed by atoms with Gasteiger partial charge in [-0.15, -0.1) is 10.2 Å². The lowest BCUT2D eigenvalue weighted by Crippen LogP contribution is -2.13. The summed E-state index contributed by atoms with van der Waals surface area (Å²) in [5.74, 6) is 1.86. The molecule has 0 aliphatic carbocycles. The number of hydrogen-bond acceptors (Lipinski definition) is 3. The van der Waals surface area contributed by atoms with E-state index >= 15 is 0 Å². The van der Waals surface area contributed by atoms with Gasteiger partial charge in [0.15, 0.2) is 5.82 Å². The fraction of sp³-hybridized carbons (Fsp3) is 0.192. The smallest absolute Gasteiger partial charge is 0.256 e. The second-order valence-electron chi connectivity index (χ2n) is 7.85. The molecule has 1 N–H and O–H groups in total. The molecule has 0 radical (unpaired) electrons. The normalized spacial score (nSPS) is 13.3. The number of fused-ring (bicyclic) bond motifs is 1. The molecule has 5 nitrogen and oxygen atoms in total. The summed E-state index contributed by atoms with van der Waals surface area (Å²) in [5, 5.41) is 11.8. The van der Waals surface area contributed by atoms with Crippen LogP contribution >= 0.6 is 0 Å². The van der Waals surface area contributed by atoms with Crippen molar-refractivity contribution < 1.29 is 4.79 Å². The van der Waals surface area contributed by atoms with Crippen molar-refractivity contribution in [2.45, 2.75) is 32.2 Å². The molecule has 154 valence electrons. The van der Waals surface area contributed by atoms with Crippen molar-refractivity contribution in [3.05, 3.63) is 90.3 Å². The second-order valence-corrected chi connectivity index (χ2v) is 7.85. The molecule has 0 unspecified atom stereocenters. The highest BCUT2D eigenvalue weighted by Gasteiger charge is 2.16. The minimum atomic E-state index is -0.122. The first-order valence-corrected chi connectivity index (χ1v) is 10.8. The second kappa shape index (κ2) is 8.56. The van der Waals surface area contributed by atoms with Gasteiger partial charge in [-0.2, -0.15) is 0 Å². The number of nitrogens with zero attached hydrogens (tertiary/aromatic N) is 3. The lowest BCUT2D eigenvalue weighted by Gasteiger charge is -2.11. The van der Waals surface area contributed by atoms with E-state index in [9.17, 15) is 4.79 Å². The molecular formula is C26H24N4O. The Morgan fingerprint density at radius 3 is 2.39 bits per heavy atom. The third-order valence-electron chi connectivity index (χ3n) is 5.77. The van der Waals surface area contributed by atoms with Crippen molar-refractivity contribution in [1.29, 1.82) is 0 Å². The van der Waals surface area contributed by atoms with Crippen molar-refractivity contribution in [2.24, 2.45) is 0 Å². The maximum atomic E-state index is 13.0. The largest absolute Gasteiger partial charge is 0.322 e. The molecule has 0 bridgehead atoms. The Balaban J connectivity index is 1.37. The molecule has 3 aromatic carbocycles. The van der Waals surface area contributed by atoms with Crippen molar-refractivity contribution in [3.63, 3.8) is 0 Å². The molecule has 2 heterocycles. The highest BCUT2D eigenvalue weighted by atomic mass is 16.1. The molecule has 5 rings (SSSR count). The Hall–Kier alpha value is -3.73. The molecular weight excluding hydrogens is 384 g/mol. The summed E-state index contributed by atoms with van der Waals surface area (Å²) in [6, 6.07) is 25.5. The van der Waals surface area contributed by atoms with Crippen molar-refractivity contribution >= 4 is 11.6 Å². The molecule has 1 aliphatic heterocycles. The summed E-state index contributed by atoms with van der Waals surface area (Å²) in [6.07, 6.45) is 4.56. The third-order valence-corrected chi connectivity index (χ3v) is 5.77. The number of benzene rings is 3. The number of carbonyl (C=O) groups excluding carboxylic acids is 1. The highest BCUT2D eigenvalue weighted by Crippen LogP contribution is 2.26. The van der Waals surface area contributed by atoms with E-state index in [0.717, 1.165) is 53.4 Å². The van der Waals surface area contributed by atoms with Gasteiger partial charge in [0.2, 0.25) is 0 Å². The average Bonchev–Trinajstić information content (AvgIpc) is 3.08. The lowest BCUT2D eigenvalue weighted by atomic mass is 9.99. The average molecular weight is 409 g/mol. The van der Waals surface area contributed by atoms with Crippen LogP contribution in [-0.4, -0.2) is 20.7 Å². The lowest BCUT2D eigenvalue weighted by molar-refractivity contribution is 0.102. The number of rotatable bonds is 4. The maximum absolute atomic E-state index is 13.0. The van der Waals surface area contributed by atoms with Crippen molar-refractivity contribution in [3.8, 4) is 22.5 Å². The van der Waals surface area contributed by atoms with Gasteiger partial charge in [0.25, 0.3) is 5.91 Å². The van der Waals surface area contributed by atoms with Crippen LogP contribution in [0.15, 0.2) is 78.9 Å². The Morgan fingerprint density at radius 2 is 1.55 bits per heavy atom. The van der Waals surface area contributed by atoms with Gasteiger partial charge >= 0.3 is 0 Å². The number of aryl methyl sites for hydroxylation is 1. The molecule has 0 saturated heterocycles. The molecule has 5 heteroatoms. The fourth-order valence-corrected chi connectivity index (χ4v) is 4.15. The van der Waals surface area contributed by atoms with Crippen LogP contribution in [0.2, 0.25) is 0 Å². The molecule has 1 aromatic heterocycles. The van der Waals surface area contributed by atoms with Gasteiger partial charge in [0.1, 0.15) is 5.82 Å². The number of aromatic nitrogens is 3. The standard InChI is InChI=1S/C26H24N4O/c31-26(23-12-7-6-11-22(23)19-9-3-1-4-10-19)27-21-16-14-20(15-17-21)25-29-28-24-13-5-2-8-18-30(24)25/h1,3-4,6-7,9-12,14-17H,2,5,8,13,18H2,(H,27,31). The van der Waals surface area contributed by atoms with Gasteiger partial charge in [0, 0.05) is 29.8 Å². The predicted molar refractivity (Wildman–Crippen MR) is 123 cm³/mol. The van der Waals surface area contributed by atoms with Crippen LogP contribution in [-0.2, 0) is 13.0 Å². The summed E-state index contributed by atoms with van der Waals surface area (Å²) in [7, 11) is 0. The van der Waals surface area contributed by atoms with Crippen molar-refractivity contribution in [1.82, 2.24) is 14.8 Å². The van der Waals surface area contributed by atoms with Gasteiger partial charge in [0.05, 0.1) is 0 Å². The van der Waals surface area contributed by atoms with E-state index < -0.39 is 0 Å². The van der Waals surface area contributed by atoms with Crippen LogP contribution in [0.5, 0.6) is 0 Å². The first-order chi connectivity index (χ1) is 15.3. The number of amides is 1. The summed E-state index contributed by atoms with van der Waals surface area (Å²) in [6.45, 7) is 0.965. The fourth-order valence-electron chi connectivity index (χ4n) is 4.15. The summed E-state index contributed by atoms with van der Waals surface area (Å²) in [5.41, 5.74) is 4.37. The number of anilines is 1. The Kier molecular flexibility index (Phi) is 5.31. The summed E-state index contributed by atoms with van der Waals surface area (Å²) >= 11 is 0. The summed E-state index contributed by atoms with van der Waals surface area (Å²) in [4.78, 5) is 13.0. The van der Waals surface area contributed by atoms with Crippen molar-refractivity contribution in [2.75, 3.05) is 5.32 Å². The molecule has 0 fully saturated rings. The Labute approximate surface area is 181 Å².